The Morgan fingerprint density at radius 2 is 2.40 bits per heavy atom. The number of hydrogen-bond donors (Lipinski definition) is 1. The summed E-state index contributed by atoms with van der Waals surface area (Å²) in [6, 6.07) is 3.88. The highest BCUT2D eigenvalue weighted by atomic mass is 32.1. The molecular formula is C8H10OS. The molecule has 0 N–H and O–H groups in total. The van der Waals surface area contributed by atoms with Gasteiger partial charge in [-0.3, -0.25) is 0 Å². The largest absolute Gasteiger partial charge is 0.462 e. The van der Waals surface area contributed by atoms with Crippen molar-refractivity contribution in [2.75, 3.05) is 5.75 Å². The zero-order valence-electron chi connectivity index (χ0n) is 5.87. The van der Waals surface area contributed by atoms with E-state index in [4.69, 9.17) is 4.42 Å². The lowest BCUT2D eigenvalue weighted by Crippen LogP contribution is -1.62. The molecule has 0 aromatic carbocycles. The van der Waals surface area contributed by atoms with E-state index in [-0.39, 0.29) is 0 Å². The van der Waals surface area contributed by atoms with Gasteiger partial charge in [0.05, 0.1) is 0 Å². The summed E-state index contributed by atoms with van der Waals surface area (Å²) in [5, 5.41) is 0. The number of hydrogen-bond acceptors (Lipinski definition) is 2. The fourth-order valence-corrected chi connectivity index (χ4v) is 0.817. The molecule has 0 atom stereocenters. The SMILES string of the molecule is Cc1ccc(C=CCS)o1. The number of rotatable bonds is 2. The smallest absolute Gasteiger partial charge is 0.126 e. The molecule has 0 bridgehead atoms. The maximum Gasteiger partial charge on any atom is 0.126 e. The first-order valence-corrected chi connectivity index (χ1v) is 3.80. The molecule has 0 spiro atoms. The summed E-state index contributed by atoms with van der Waals surface area (Å²) in [7, 11) is 0. The van der Waals surface area contributed by atoms with E-state index in [1.54, 1.807) is 0 Å². The van der Waals surface area contributed by atoms with E-state index in [1.165, 1.54) is 0 Å². The summed E-state index contributed by atoms with van der Waals surface area (Å²) in [4.78, 5) is 0. The van der Waals surface area contributed by atoms with Gasteiger partial charge in [0, 0.05) is 5.75 Å². The van der Waals surface area contributed by atoms with Gasteiger partial charge in [0.25, 0.3) is 0 Å². The Morgan fingerprint density at radius 3 is 2.90 bits per heavy atom. The maximum atomic E-state index is 5.26. The average molecular weight is 154 g/mol. The van der Waals surface area contributed by atoms with Crippen molar-refractivity contribution in [1.82, 2.24) is 0 Å². The molecule has 0 aliphatic carbocycles. The second kappa shape index (κ2) is 3.52. The second-order valence-corrected chi connectivity index (χ2v) is 2.40. The van der Waals surface area contributed by atoms with Gasteiger partial charge in [0.2, 0.25) is 0 Å². The average Bonchev–Trinajstić information content (AvgIpc) is 2.31. The minimum Gasteiger partial charge on any atom is -0.462 e. The van der Waals surface area contributed by atoms with Gasteiger partial charge in [-0.1, -0.05) is 6.08 Å². The van der Waals surface area contributed by atoms with Crippen LogP contribution in [0, 0.1) is 6.92 Å². The predicted octanol–water partition coefficient (Wildman–Crippen LogP) is 2.53. The number of aryl methyl sites for hydroxylation is 1. The van der Waals surface area contributed by atoms with Crippen LogP contribution in [0.5, 0.6) is 0 Å². The summed E-state index contributed by atoms with van der Waals surface area (Å²) in [6.07, 6.45) is 3.86. The maximum absolute atomic E-state index is 5.26. The molecule has 54 valence electrons. The summed E-state index contributed by atoms with van der Waals surface area (Å²) in [6.45, 7) is 1.93. The van der Waals surface area contributed by atoms with E-state index in [9.17, 15) is 0 Å². The van der Waals surface area contributed by atoms with Crippen molar-refractivity contribution in [3.05, 3.63) is 29.7 Å². The quantitative estimate of drug-likeness (QED) is 0.646. The van der Waals surface area contributed by atoms with Crippen molar-refractivity contribution >= 4 is 18.7 Å². The van der Waals surface area contributed by atoms with Crippen LogP contribution in [0.15, 0.2) is 22.6 Å². The van der Waals surface area contributed by atoms with Crippen LogP contribution in [0.4, 0.5) is 0 Å². The summed E-state index contributed by atoms with van der Waals surface area (Å²) < 4.78 is 5.26. The molecule has 1 aromatic rings. The Hall–Kier alpha value is -0.630. The summed E-state index contributed by atoms with van der Waals surface area (Å²) in [5.41, 5.74) is 0. The highest BCUT2D eigenvalue weighted by Gasteiger charge is 1.90. The standard InChI is InChI=1S/C8H10OS/c1-7-4-5-8(9-7)3-2-6-10/h2-5,10H,6H2,1H3. The molecule has 0 fully saturated rings. The molecule has 0 unspecified atom stereocenters. The van der Waals surface area contributed by atoms with E-state index in [1.807, 2.05) is 31.2 Å². The first-order chi connectivity index (χ1) is 4.83. The Kier molecular flexibility index (Phi) is 2.63. The molecule has 0 radical (unpaired) electrons. The molecule has 1 heterocycles. The highest BCUT2D eigenvalue weighted by molar-refractivity contribution is 7.80. The molecule has 0 amide bonds. The first kappa shape index (κ1) is 7.48. The lowest BCUT2D eigenvalue weighted by atomic mass is 10.4. The predicted molar refractivity (Wildman–Crippen MR) is 46.3 cm³/mol. The first-order valence-electron chi connectivity index (χ1n) is 3.17. The van der Waals surface area contributed by atoms with Crippen LogP contribution in [0.2, 0.25) is 0 Å². The van der Waals surface area contributed by atoms with Gasteiger partial charge in [-0.2, -0.15) is 12.6 Å². The fraction of sp³-hybridized carbons (Fsp3) is 0.250. The molecule has 0 aliphatic heterocycles. The van der Waals surface area contributed by atoms with Crippen molar-refractivity contribution in [3.63, 3.8) is 0 Å². The zero-order chi connectivity index (χ0) is 7.40. The number of thiol groups is 1. The minimum absolute atomic E-state index is 0.750. The van der Waals surface area contributed by atoms with Crippen LogP contribution in [-0.4, -0.2) is 5.75 Å². The lowest BCUT2D eigenvalue weighted by molar-refractivity contribution is 0.525. The van der Waals surface area contributed by atoms with Crippen molar-refractivity contribution in [3.8, 4) is 0 Å². The Morgan fingerprint density at radius 1 is 1.60 bits per heavy atom. The third-order valence-corrected chi connectivity index (χ3v) is 1.36. The normalized spacial score (nSPS) is 11.0. The van der Waals surface area contributed by atoms with E-state index in [0.717, 1.165) is 17.3 Å². The number of furan rings is 1. The zero-order valence-corrected chi connectivity index (χ0v) is 6.77. The monoisotopic (exact) mass is 154 g/mol. The van der Waals surface area contributed by atoms with Gasteiger partial charge in [0.1, 0.15) is 11.5 Å². The van der Waals surface area contributed by atoms with E-state index in [0.29, 0.717) is 0 Å². The molecule has 10 heavy (non-hydrogen) atoms. The van der Waals surface area contributed by atoms with Crippen LogP contribution >= 0.6 is 12.6 Å². The molecule has 0 saturated heterocycles. The van der Waals surface area contributed by atoms with Crippen molar-refractivity contribution in [2.45, 2.75) is 6.92 Å². The minimum atomic E-state index is 0.750. The Bertz CT molecular complexity index is 225. The van der Waals surface area contributed by atoms with Crippen molar-refractivity contribution < 1.29 is 4.42 Å². The summed E-state index contributed by atoms with van der Waals surface area (Å²) in [5.74, 6) is 2.59. The van der Waals surface area contributed by atoms with Gasteiger partial charge in [-0.15, -0.1) is 0 Å². The third-order valence-electron chi connectivity index (χ3n) is 1.15. The van der Waals surface area contributed by atoms with Crippen LogP contribution in [0.3, 0.4) is 0 Å². The molecule has 1 rings (SSSR count). The molecule has 0 aliphatic rings. The van der Waals surface area contributed by atoms with Gasteiger partial charge >= 0.3 is 0 Å². The highest BCUT2D eigenvalue weighted by Crippen LogP contribution is 2.07. The van der Waals surface area contributed by atoms with Gasteiger partial charge in [-0.05, 0) is 25.1 Å². The van der Waals surface area contributed by atoms with Gasteiger partial charge in [-0.25, -0.2) is 0 Å². The van der Waals surface area contributed by atoms with Gasteiger partial charge < -0.3 is 4.42 Å². The van der Waals surface area contributed by atoms with E-state index < -0.39 is 0 Å². The molecule has 0 saturated carbocycles. The Labute approximate surface area is 66.2 Å². The van der Waals surface area contributed by atoms with Crippen LogP contribution < -0.4 is 0 Å². The molecule has 1 nitrogen and oxygen atoms in total. The van der Waals surface area contributed by atoms with Crippen LogP contribution in [0.25, 0.3) is 6.08 Å². The molecule has 1 aromatic heterocycles. The van der Waals surface area contributed by atoms with E-state index in [2.05, 4.69) is 12.6 Å². The third kappa shape index (κ3) is 1.95. The lowest BCUT2D eigenvalue weighted by Gasteiger charge is -1.82. The second-order valence-electron chi connectivity index (χ2n) is 2.03. The van der Waals surface area contributed by atoms with Crippen LogP contribution in [0.1, 0.15) is 11.5 Å². The Balaban J connectivity index is 2.67. The fourth-order valence-electron chi connectivity index (χ4n) is 0.712. The van der Waals surface area contributed by atoms with Crippen molar-refractivity contribution in [1.29, 1.82) is 0 Å². The van der Waals surface area contributed by atoms with Gasteiger partial charge in [0.15, 0.2) is 0 Å². The van der Waals surface area contributed by atoms with Crippen LogP contribution in [-0.2, 0) is 0 Å². The summed E-state index contributed by atoms with van der Waals surface area (Å²) >= 11 is 4.03. The van der Waals surface area contributed by atoms with E-state index >= 15 is 0 Å². The molecular weight excluding hydrogens is 144 g/mol. The van der Waals surface area contributed by atoms with Crippen molar-refractivity contribution in [2.24, 2.45) is 0 Å². The topological polar surface area (TPSA) is 13.1 Å². The molecule has 2 heteroatoms.